The summed E-state index contributed by atoms with van der Waals surface area (Å²) < 4.78 is 84.6. The Morgan fingerprint density at radius 3 is 2.60 bits per heavy atom. The van der Waals surface area contributed by atoms with Gasteiger partial charge in [-0.05, 0) is 43.3 Å². The molecule has 3 unspecified atom stereocenters. The van der Waals surface area contributed by atoms with Crippen molar-refractivity contribution in [2.75, 3.05) is 45.4 Å². The number of amides is 1. The number of hydrogen-bond donors (Lipinski definition) is 2. The minimum atomic E-state index is -4.54. The smallest absolute Gasteiger partial charge is 0.406 e. The minimum Gasteiger partial charge on any atom is -0.495 e. The number of halogens is 4. The van der Waals surface area contributed by atoms with Crippen molar-refractivity contribution in [1.29, 1.82) is 0 Å². The average Bonchev–Trinajstić information content (AvgIpc) is 3.28. The number of nitrogens with zero attached hydrogens (tertiary/aromatic N) is 3. The van der Waals surface area contributed by atoms with Crippen LogP contribution in [0, 0.1) is 17.8 Å². The Hall–Kier alpha value is -3.83. The van der Waals surface area contributed by atoms with Crippen molar-refractivity contribution in [2.45, 2.75) is 36.8 Å². The maximum absolute atomic E-state index is 14.8. The lowest BCUT2D eigenvalue weighted by molar-refractivity contribution is -0.139. The van der Waals surface area contributed by atoms with Gasteiger partial charge in [-0.25, -0.2) is 17.8 Å². The van der Waals surface area contributed by atoms with E-state index in [1.165, 1.54) is 37.4 Å². The van der Waals surface area contributed by atoms with E-state index in [1.807, 2.05) is 11.8 Å². The van der Waals surface area contributed by atoms with Crippen LogP contribution in [0.1, 0.15) is 22.8 Å². The lowest BCUT2D eigenvalue weighted by atomic mass is 9.92. The average molecular weight is 610 g/mol. The molecule has 0 bridgehead atoms. The maximum Gasteiger partial charge on any atom is 0.406 e. The Kier molecular flexibility index (Phi) is 9.03. The highest BCUT2D eigenvalue weighted by Gasteiger charge is 2.35. The zero-order chi connectivity index (χ0) is 30.8. The number of benzene rings is 2. The predicted molar refractivity (Wildman–Crippen MR) is 150 cm³/mol. The molecule has 42 heavy (non-hydrogen) atoms. The fourth-order valence-corrected chi connectivity index (χ4v) is 5.63. The summed E-state index contributed by atoms with van der Waals surface area (Å²) in [6.07, 6.45) is -3.78. The second-order valence-electron chi connectivity index (χ2n) is 10.4. The topological polar surface area (TPSA) is 106 Å². The van der Waals surface area contributed by atoms with Crippen LogP contribution in [0.2, 0.25) is 0 Å². The third-order valence-electron chi connectivity index (χ3n) is 6.90. The van der Waals surface area contributed by atoms with Gasteiger partial charge in [-0.2, -0.15) is 13.2 Å². The molecule has 1 aliphatic heterocycles. The van der Waals surface area contributed by atoms with Gasteiger partial charge < -0.3 is 24.8 Å². The van der Waals surface area contributed by atoms with E-state index >= 15 is 0 Å². The van der Waals surface area contributed by atoms with E-state index in [0.29, 0.717) is 18.0 Å². The first kappa shape index (κ1) is 31.1. The van der Waals surface area contributed by atoms with E-state index in [9.17, 15) is 30.8 Å². The summed E-state index contributed by atoms with van der Waals surface area (Å²) in [5, 5.41) is 5.69. The molecule has 226 valence electrons. The van der Waals surface area contributed by atoms with E-state index in [1.54, 1.807) is 7.05 Å². The Labute approximate surface area is 241 Å². The van der Waals surface area contributed by atoms with Gasteiger partial charge in [0, 0.05) is 24.9 Å². The Morgan fingerprint density at radius 1 is 1.21 bits per heavy atom. The van der Waals surface area contributed by atoms with E-state index in [-0.39, 0.29) is 46.1 Å². The van der Waals surface area contributed by atoms with E-state index in [0.717, 1.165) is 17.2 Å². The van der Waals surface area contributed by atoms with Crippen molar-refractivity contribution in [3.05, 3.63) is 47.8 Å². The monoisotopic (exact) mass is 609 g/mol. The number of fused-ring (bicyclic) bond motifs is 1. The number of alkyl halides is 4. The van der Waals surface area contributed by atoms with Crippen molar-refractivity contribution in [1.82, 2.24) is 19.8 Å². The third kappa shape index (κ3) is 7.32. The molecular formula is C28H31F4N5O4S. The molecule has 1 amide bonds. The van der Waals surface area contributed by atoms with Gasteiger partial charge in [0.1, 0.15) is 24.0 Å². The second kappa shape index (κ2) is 12.2. The molecular weight excluding hydrogens is 578 g/mol. The molecule has 1 fully saturated rings. The van der Waals surface area contributed by atoms with E-state index in [2.05, 4.69) is 27.5 Å². The number of imidazole rings is 1. The first-order valence-corrected chi connectivity index (χ1v) is 14.9. The molecule has 4 rings (SSSR count). The minimum absolute atomic E-state index is 0.0155. The zero-order valence-electron chi connectivity index (χ0n) is 23.4. The van der Waals surface area contributed by atoms with Gasteiger partial charge in [-0.1, -0.05) is 18.8 Å². The van der Waals surface area contributed by atoms with Gasteiger partial charge in [0.05, 0.1) is 47.7 Å². The number of carbonyl (C=O) groups excluding carboxylic acids is 1. The summed E-state index contributed by atoms with van der Waals surface area (Å²) in [7, 11) is -0.262. The summed E-state index contributed by atoms with van der Waals surface area (Å²) in [4.78, 5) is 19.3. The number of anilines is 1. The van der Waals surface area contributed by atoms with Crippen LogP contribution in [0.25, 0.3) is 11.0 Å². The van der Waals surface area contributed by atoms with Crippen LogP contribution < -0.4 is 15.4 Å². The fraction of sp³-hybridized carbons (Fsp3) is 0.429. The van der Waals surface area contributed by atoms with Crippen LogP contribution in [0.4, 0.5) is 23.2 Å². The molecule has 0 saturated carbocycles. The number of ether oxygens (including phenoxy) is 1. The lowest BCUT2D eigenvalue weighted by Gasteiger charge is -2.37. The SMILES string of the molecule is COc1ccc(S(C)(=O)=O)cc1NCC#Cc1cc(C(=O)NC2C(C)CN(C)CC2F)c2ncn(CC(F)(F)F)c2c1. The van der Waals surface area contributed by atoms with Crippen molar-refractivity contribution in [3.8, 4) is 17.6 Å². The van der Waals surface area contributed by atoms with Crippen LogP contribution in [-0.2, 0) is 16.4 Å². The number of likely N-dealkylation sites (tertiary alicyclic amines) is 1. The molecule has 1 aromatic heterocycles. The standard InChI is InChI=1S/C28H31F4N5O4S/c1-17-13-36(2)14-21(29)25(17)35-27(38)20-10-18(11-23-26(20)34-16-37(23)15-28(30,31)32)6-5-9-33-22-12-19(42(4,39)40)7-8-24(22)41-3/h7-8,10-12,16-17,21,25,33H,9,13-15H2,1-4H3,(H,35,38). The summed E-state index contributed by atoms with van der Waals surface area (Å²) in [5.41, 5.74) is 0.684. The molecule has 0 aliphatic carbocycles. The summed E-state index contributed by atoms with van der Waals surface area (Å²) in [6.45, 7) is 1.22. The molecule has 3 aromatic rings. The largest absolute Gasteiger partial charge is 0.495 e. The molecule has 2 heterocycles. The Balaban J connectivity index is 1.65. The van der Waals surface area contributed by atoms with Gasteiger partial charge in [0.25, 0.3) is 5.91 Å². The molecule has 0 spiro atoms. The highest BCUT2D eigenvalue weighted by molar-refractivity contribution is 7.90. The van der Waals surface area contributed by atoms with Crippen LogP contribution in [0.15, 0.2) is 41.6 Å². The zero-order valence-corrected chi connectivity index (χ0v) is 24.2. The van der Waals surface area contributed by atoms with Gasteiger partial charge in [0.15, 0.2) is 9.84 Å². The molecule has 2 N–H and O–H groups in total. The third-order valence-corrected chi connectivity index (χ3v) is 8.02. The van der Waals surface area contributed by atoms with Gasteiger partial charge >= 0.3 is 6.18 Å². The van der Waals surface area contributed by atoms with Crippen LogP contribution in [0.5, 0.6) is 5.75 Å². The molecule has 9 nitrogen and oxygen atoms in total. The fourth-order valence-electron chi connectivity index (χ4n) is 4.98. The molecule has 2 aromatic carbocycles. The number of methoxy groups -OCH3 is 1. The first-order chi connectivity index (χ1) is 19.7. The molecule has 1 saturated heterocycles. The molecule has 1 aliphatic rings. The number of nitrogens with one attached hydrogen (secondary N) is 2. The molecule has 0 radical (unpaired) electrons. The Bertz CT molecular complexity index is 1630. The second-order valence-corrected chi connectivity index (χ2v) is 12.4. The van der Waals surface area contributed by atoms with Crippen molar-refractivity contribution in [3.63, 3.8) is 0 Å². The number of aromatic nitrogens is 2. The van der Waals surface area contributed by atoms with E-state index in [4.69, 9.17) is 4.74 Å². The van der Waals surface area contributed by atoms with Gasteiger partial charge in [-0.15, -0.1) is 0 Å². The van der Waals surface area contributed by atoms with Crippen molar-refractivity contribution in [2.24, 2.45) is 5.92 Å². The van der Waals surface area contributed by atoms with E-state index < -0.39 is 40.7 Å². The number of piperidine rings is 1. The summed E-state index contributed by atoms with van der Waals surface area (Å²) in [6, 6.07) is 6.35. The number of hydrogen-bond acceptors (Lipinski definition) is 7. The lowest BCUT2D eigenvalue weighted by Crippen LogP contribution is -2.56. The Morgan fingerprint density at radius 2 is 1.95 bits per heavy atom. The number of rotatable bonds is 7. The van der Waals surface area contributed by atoms with Crippen LogP contribution in [-0.4, -0.2) is 87.2 Å². The van der Waals surface area contributed by atoms with Gasteiger partial charge in [0.2, 0.25) is 0 Å². The normalized spacial score (nSPS) is 19.7. The summed E-state index contributed by atoms with van der Waals surface area (Å²) in [5.74, 6) is 5.19. The van der Waals surface area contributed by atoms with Crippen LogP contribution >= 0.6 is 0 Å². The summed E-state index contributed by atoms with van der Waals surface area (Å²) >= 11 is 0. The highest BCUT2D eigenvalue weighted by atomic mass is 32.2. The number of carbonyl (C=O) groups is 1. The molecule has 3 atom stereocenters. The molecule has 14 heteroatoms. The van der Waals surface area contributed by atoms with Crippen molar-refractivity contribution >= 4 is 32.5 Å². The number of sulfone groups is 1. The first-order valence-electron chi connectivity index (χ1n) is 13.0. The highest BCUT2D eigenvalue weighted by Crippen LogP contribution is 2.28. The maximum atomic E-state index is 14.8. The quantitative estimate of drug-likeness (QED) is 0.312. The van der Waals surface area contributed by atoms with Crippen molar-refractivity contribution < 1.29 is 35.5 Å². The predicted octanol–water partition coefficient (Wildman–Crippen LogP) is 3.49. The van der Waals surface area contributed by atoms with Gasteiger partial charge in [-0.3, -0.25) is 4.79 Å². The van der Waals surface area contributed by atoms with Crippen LogP contribution in [0.3, 0.4) is 0 Å².